The van der Waals surface area contributed by atoms with Crippen molar-refractivity contribution in [2.45, 2.75) is 13.0 Å². The van der Waals surface area contributed by atoms with Crippen molar-refractivity contribution >= 4 is 39.1 Å². The lowest BCUT2D eigenvalue weighted by Gasteiger charge is -2.09. The lowest BCUT2D eigenvalue weighted by atomic mass is 10.3. The van der Waals surface area contributed by atoms with Gasteiger partial charge in [0.2, 0.25) is 5.91 Å². The lowest BCUT2D eigenvalue weighted by Crippen LogP contribution is -2.15. The number of carbonyl (C=O) groups is 1. The van der Waals surface area contributed by atoms with Gasteiger partial charge in [-0.05, 0) is 28.1 Å². The molecular formula is C11H9BrClFN4O. The fourth-order valence-electron chi connectivity index (χ4n) is 1.43. The maximum atomic E-state index is 13.0. The number of aromatic nitrogens is 3. The number of carbonyl (C=O) groups excluding carboxylic acids is 1. The molecule has 0 aliphatic heterocycles. The first-order chi connectivity index (χ1) is 9.06. The third-order valence-corrected chi connectivity index (χ3v) is 3.23. The Hall–Kier alpha value is -1.47. The van der Waals surface area contributed by atoms with Crippen LogP contribution in [-0.4, -0.2) is 20.9 Å². The van der Waals surface area contributed by atoms with Crippen molar-refractivity contribution in [3.05, 3.63) is 39.8 Å². The van der Waals surface area contributed by atoms with Crippen molar-refractivity contribution in [1.29, 1.82) is 0 Å². The van der Waals surface area contributed by atoms with Gasteiger partial charge in [-0.25, -0.2) is 4.39 Å². The summed E-state index contributed by atoms with van der Waals surface area (Å²) in [6, 6.07) is 2.37. The van der Waals surface area contributed by atoms with Crippen molar-refractivity contribution in [3.8, 4) is 0 Å². The van der Waals surface area contributed by atoms with E-state index in [2.05, 4.69) is 31.6 Å². The number of nitrogens with zero attached hydrogens (tertiary/aromatic N) is 3. The van der Waals surface area contributed by atoms with E-state index < -0.39 is 5.82 Å². The summed E-state index contributed by atoms with van der Waals surface area (Å²) in [4.78, 5) is 11.8. The van der Waals surface area contributed by atoms with Crippen LogP contribution in [0.1, 0.15) is 6.42 Å². The van der Waals surface area contributed by atoms with Gasteiger partial charge in [0.05, 0.1) is 23.5 Å². The maximum absolute atomic E-state index is 13.0. The Kier molecular flexibility index (Phi) is 4.49. The molecule has 2 rings (SSSR count). The zero-order valence-electron chi connectivity index (χ0n) is 9.61. The first kappa shape index (κ1) is 14.0. The van der Waals surface area contributed by atoms with Crippen molar-refractivity contribution in [1.82, 2.24) is 15.0 Å². The van der Waals surface area contributed by atoms with Gasteiger partial charge in [-0.15, -0.1) is 5.10 Å². The first-order valence-corrected chi connectivity index (χ1v) is 6.52. The fraction of sp³-hybridized carbons (Fsp3) is 0.182. The number of aryl methyl sites for hydroxylation is 1. The number of nitrogens with one attached hydrogen (secondary N) is 1. The molecule has 1 aromatic heterocycles. The fourth-order valence-corrected chi connectivity index (χ4v) is 2.33. The molecule has 0 bridgehead atoms. The van der Waals surface area contributed by atoms with Crippen LogP contribution in [0.2, 0.25) is 5.02 Å². The smallest absolute Gasteiger partial charge is 0.226 e. The molecule has 0 spiro atoms. The summed E-state index contributed by atoms with van der Waals surface area (Å²) in [6.07, 6.45) is 3.41. The van der Waals surface area contributed by atoms with E-state index in [9.17, 15) is 9.18 Å². The largest absolute Gasteiger partial charge is 0.324 e. The Labute approximate surface area is 121 Å². The average Bonchev–Trinajstić information content (AvgIpc) is 2.84. The summed E-state index contributed by atoms with van der Waals surface area (Å²) < 4.78 is 15.0. The summed E-state index contributed by atoms with van der Waals surface area (Å²) in [5, 5.41) is 10.1. The van der Waals surface area contributed by atoms with Crippen LogP contribution in [0.25, 0.3) is 0 Å². The van der Waals surface area contributed by atoms with Crippen molar-refractivity contribution in [3.63, 3.8) is 0 Å². The molecule has 100 valence electrons. The highest BCUT2D eigenvalue weighted by molar-refractivity contribution is 9.10. The van der Waals surface area contributed by atoms with Gasteiger partial charge in [-0.1, -0.05) is 16.8 Å². The van der Waals surface area contributed by atoms with Crippen LogP contribution in [-0.2, 0) is 11.3 Å². The molecule has 0 unspecified atom stereocenters. The van der Waals surface area contributed by atoms with Crippen LogP contribution < -0.4 is 5.32 Å². The molecule has 1 heterocycles. The maximum Gasteiger partial charge on any atom is 0.226 e. The lowest BCUT2D eigenvalue weighted by molar-refractivity contribution is -0.116. The van der Waals surface area contributed by atoms with E-state index in [0.29, 0.717) is 16.7 Å². The average molecular weight is 348 g/mol. The van der Waals surface area contributed by atoms with Crippen LogP contribution in [0.4, 0.5) is 10.1 Å². The van der Waals surface area contributed by atoms with Gasteiger partial charge in [-0.3, -0.25) is 9.48 Å². The molecule has 0 saturated heterocycles. The van der Waals surface area contributed by atoms with E-state index >= 15 is 0 Å². The standard InChI is InChI=1S/C11H9BrClFN4O/c12-8-5-7(14)6-9(13)11(8)16-10(19)1-3-18-4-2-15-17-18/h2,4-6H,1,3H2,(H,16,19). The third kappa shape index (κ3) is 3.74. The summed E-state index contributed by atoms with van der Waals surface area (Å²) >= 11 is 9.02. The van der Waals surface area contributed by atoms with Gasteiger partial charge in [0.25, 0.3) is 0 Å². The van der Waals surface area contributed by atoms with Crippen LogP contribution in [0.15, 0.2) is 29.0 Å². The second-order valence-corrected chi connectivity index (χ2v) is 4.97. The molecule has 0 aliphatic carbocycles. The second-order valence-electron chi connectivity index (χ2n) is 3.71. The van der Waals surface area contributed by atoms with Gasteiger partial charge >= 0.3 is 0 Å². The molecule has 0 aliphatic rings. The Balaban J connectivity index is 1.99. The topological polar surface area (TPSA) is 59.8 Å². The van der Waals surface area contributed by atoms with Gasteiger partial charge in [-0.2, -0.15) is 0 Å². The molecule has 19 heavy (non-hydrogen) atoms. The molecule has 2 aromatic rings. The predicted octanol–water partition coefficient (Wildman–Crippen LogP) is 2.86. The minimum Gasteiger partial charge on any atom is -0.324 e. The SMILES string of the molecule is O=C(CCn1ccnn1)Nc1c(Cl)cc(F)cc1Br. The van der Waals surface area contributed by atoms with Crippen LogP contribution in [0.3, 0.4) is 0 Å². The van der Waals surface area contributed by atoms with Gasteiger partial charge < -0.3 is 5.32 Å². The van der Waals surface area contributed by atoms with E-state index in [1.807, 2.05) is 0 Å². The van der Waals surface area contributed by atoms with E-state index in [0.717, 1.165) is 6.07 Å². The number of hydrogen-bond acceptors (Lipinski definition) is 3. The molecule has 0 saturated carbocycles. The molecule has 0 fully saturated rings. The van der Waals surface area contributed by atoms with E-state index in [1.165, 1.54) is 12.3 Å². The Morgan fingerprint density at radius 3 is 2.95 bits per heavy atom. The number of amides is 1. The minimum absolute atomic E-state index is 0.140. The van der Waals surface area contributed by atoms with Crippen LogP contribution >= 0.6 is 27.5 Å². The third-order valence-electron chi connectivity index (χ3n) is 2.31. The number of anilines is 1. The second kappa shape index (κ2) is 6.12. The zero-order valence-corrected chi connectivity index (χ0v) is 11.9. The van der Waals surface area contributed by atoms with Gasteiger partial charge in [0.1, 0.15) is 5.82 Å². The van der Waals surface area contributed by atoms with E-state index in [1.54, 1.807) is 10.9 Å². The number of rotatable bonds is 4. The first-order valence-electron chi connectivity index (χ1n) is 5.35. The van der Waals surface area contributed by atoms with E-state index in [4.69, 9.17) is 11.6 Å². The van der Waals surface area contributed by atoms with Crippen LogP contribution in [0, 0.1) is 5.82 Å². The summed E-state index contributed by atoms with van der Waals surface area (Å²) in [6.45, 7) is 0.405. The predicted molar refractivity (Wildman–Crippen MR) is 72.4 cm³/mol. The summed E-state index contributed by atoms with van der Waals surface area (Å²) in [5.74, 6) is -0.720. The Morgan fingerprint density at radius 2 is 2.32 bits per heavy atom. The summed E-state index contributed by atoms with van der Waals surface area (Å²) in [5.41, 5.74) is 0.353. The monoisotopic (exact) mass is 346 g/mol. The summed E-state index contributed by atoms with van der Waals surface area (Å²) in [7, 11) is 0. The highest BCUT2D eigenvalue weighted by Crippen LogP contribution is 2.31. The van der Waals surface area contributed by atoms with Crippen LogP contribution in [0.5, 0.6) is 0 Å². The molecule has 1 N–H and O–H groups in total. The molecule has 8 heteroatoms. The Morgan fingerprint density at radius 1 is 1.53 bits per heavy atom. The minimum atomic E-state index is -0.475. The number of hydrogen-bond donors (Lipinski definition) is 1. The highest BCUT2D eigenvalue weighted by atomic mass is 79.9. The normalized spacial score (nSPS) is 10.5. The van der Waals surface area contributed by atoms with Crippen molar-refractivity contribution in [2.75, 3.05) is 5.32 Å². The van der Waals surface area contributed by atoms with Gasteiger partial charge in [0, 0.05) is 17.1 Å². The highest BCUT2D eigenvalue weighted by Gasteiger charge is 2.11. The molecular weight excluding hydrogens is 339 g/mol. The van der Waals surface area contributed by atoms with Gasteiger partial charge in [0.15, 0.2) is 0 Å². The molecule has 1 amide bonds. The van der Waals surface area contributed by atoms with E-state index in [-0.39, 0.29) is 17.4 Å². The quantitative estimate of drug-likeness (QED) is 0.925. The molecule has 1 aromatic carbocycles. The number of halogens is 3. The Bertz CT molecular complexity index is 567. The zero-order chi connectivity index (χ0) is 13.8. The molecule has 0 radical (unpaired) electrons. The van der Waals surface area contributed by atoms with Crippen molar-refractivity contribution < 1.29 is 9.18 Å². The number of benzene rings is 1. The molecule has 5 nitrogen and oxygen atoms in total. The van der Waals surface area contributed by atoms with Crippen molar-refractivity contribution in [2.24, 2.45) is 0 Å². The molecule has 0 atom stereocenters.